The zero-order chi connectivity index (χ0) is 13.1. The van der Waals surface area contributed by atoms with Crippen LogP contribution in [0.3, 0.4) is 0 Å². The Hall–Kier alpha value is -0.650. The van der Waals surface area contributed by atoms with Crippen molar-refractivity contribution in [3.05, 3.63) is 0 Å². The maximum Gasteiger partial charge on any atom is 0.220 e. The third-order valence-corrected chi connectivity index (χ3v) is 4.63. The van der Waals surface area contributed by atoms with Crippen molar-refractivity contribution in [3.63, 3.8) is 0 Å². The van der Waals surface area contributed by atoms with Crippen molar-refractivity contribution in [3.8, 4) is 0 Å². The largest absolute Gasteiger partial charge is 0.381 e. The van der Waals surface area contributed by atoms with Gasteiger partial charge in [-0.2, -0.15) is 0 Å². The molecule has 0 aromatic carbocycles. The fourth-order valence-electron chi connectivity index (χ4n) is 3.43. The maximum absolute atomic E-state index is 11.2. The van der Waals surface area contributed by atoms with E-state index in [0.717, 1.165) is 58.5 Å². The van der Waals surface area contributed by atoms with E-state index in [1.54, 1.807) is 0 Å². The lowest BCUT2D eigenvalue weighted by Crippen LogP contribution is -2.51. The highest BCUT2D eigenvalue weighted by Crippen LogP contribution is 2.34. The van der Waals surface area contributed by atoms with Crippen LogP contribution in [0.5, 0.6) is 0 Å². The molecule has 3 rings (SSSR count). The Morgan fingerprint density at radius 2 is 2.11 bits per heavy atom. The highest BCUT2D eigenvalue weighted by atomic mass is 16.5. The molecule has 0 aliphatic carbocycles. The van der Waals surface area contributed by atoms with Crippen molar-refractivity contribution in [1.82, 2.24) is 10.6 Å². The molecule has 2 atom stereocenters. The van der Waals surface area contributed by atoms with Gasteiger partial charge in [0.15, 0.2) is 0 Å². The fourth-order valence-corrected chi connectivity index (χ4v) is 3.43. The second kappa shape index (κ2) is 5.77. The Kier molecular flexibility index (Phi) is 4.05. The molecule has 5 nitrogen and oxygen atoms in total. The van der Waals surface area contributed by atoms with Crippen LogP contribution in [0, 0.1) is 0 Å². The zero-order valence-electron chi connectivity index (χ0n) is 11.5. The third kappa shape index (κ3) is 3.27. The van der Waals surface area contributed by atoms with Gasteiger partial charge in [-0.25, -0.2) is 0 Å². The van der Waals surface area contributed by atoms with Crippen LogP contribution in [-0.4, -0.2) is 50.0 Å². The number of amides is 1. The van der Waals surface area contributed by atoms with Crippen molar-refractivity contribution in [2.75, 3.05) is 26.4 Å². The lowest BCUT2D eigenvalue weighted by atomic mass is 9.84. The number of ether oxygens (including phenoxy) is 2. The van der Waals surface area contributed by atoms with Crippen LogP contribution in [0.15, 0.2) is 0 Å². The summed E-state index contributed by atoms with van der Waals surface area (Å²) in [5, 5.41) is 6.63. The zero-order valence-corrected chi connectivity index (χ0v) is 11.5. The minimum absolute atomic E-state index is 0.0487. The van der Waals surface area contributed by atoms with E-state index >= 15 is 0 Å². The summed E-state index contributed by atoms with van der Waals surface area (Å²) in [7, 11) is 0. The quantitative estimate of drug-likeness (QED) is 0.786. The molecule has 3 aliphatic heterocycles. The summed E-state index contributed by atoms with van der Waals surface area (Å²) in [5.74, 6) is 0.194. The summed E-state index contributed by atoms with van der Waals surface area (Å²) in [5.41, 5.74) is 0.0487. The third-order valence-electron chi connectivity index (χ3n) is 4.63. The summed E-state index contributed by atoms with van der Waals surface area (Å²) in [4.78, 5) is 11.2. The van der Waals surface area contributed by atoms with Crippen molar-refractivity contribution in [1.29, 1.82) is 0 Å². The highest BCUT2D eigenvalue weighted by molar-refractivity contribution is 5.78. The molecule has 0 aromatic rings. The van der Waals surface area contributed by atoms with Crippen LogP contribution in [0.25, 0.3) is 0 Å². The second-order valence-electron chi connectivity index (χ2n) is 6.04. The van der Waals surface area contributed by atoms with Crippen LogP contribution < -0.4 is 10.6 Å². The van der Waals surface area contributed by atoms with Gasteiger partial charge in [0.2, 0.25) is 5.91 Å². The first kappa shape index (κ1) is 13.3. The molecule has 0 bridgehead atoms. The van der Waals surface area contributed by atoms with Crippen LogP contribution in [0.1, 0.15) is 38.5 Å². The van der Waals surface area contributed by atoms with E-state index in [4.69, 9.17) is 9.47 Å². The van der Waals surface area contributed by atoms with Crippen LogP contribution in [0.4, 0.5) is 0 Å². The molecule has 3 fully saturated rings. The topological polar surface area (TPSA) is 59.6 Å². The molecule has 1 spiro atoms. The minimum atomic E-state index is 0.0487. The van der Waals surface area contributed by atoms with Gasteiger partial charge in [0.05, 0.1) is 5.60 Å². The smallest absolute Gasteiger partial charge is 0.220 e. The Labute approximate surface area is 114 Å². The average molecular weight is 268 g/mol. The molecular formula is C14H24N2O3. The standard InChI is InChI=1S/C14H24N2O3/c17-13-2-1-12(16-13)10-15-11-3-6-19-14(9-11)4-7-18-8-5-14/h11-12,15H,1-10H2,(H,16,17). The molecule has 1 amide bonds. The number of hydrogen-bond donors (Lipinski definition) is 2. The Morgan fingerprint density at radius 1 is 1.26 bits per heavy atom. The van der Waals surface area contributed by atoms with Crippen molar-refractivity contribution >= 4 is 5.91 Å². The lowest BCUT2D eigenvalue weighted by molar-refractivity contribution is -0.140. The molecule has 19 heavy (non-hydrogen) atoms. The van der Waals surface area contributed by atoms with E-state index in [1.807, 2.05) is 0 Å². The van der Waals surface area contributed by atoms with Crippen molar-refractivity contribution in [2.24, 2.45) is 0 Å². The van der Waals surface area contributed by atoms with Crippen molar-refractivity contribution < 1.29 is 14.3 Å². The minimum Gasteiger partial charge on any atom is -0.381 e. The van der Waals surface area contributed by atoms with Gasteiger partial charge >= 0.3 is 0 Å². The van der Waals surface area contributed by atoms with Crippen LogP contribution >= 0.6 is 0 Å². The first-order valence-corrected chi connectivity index (χ1v) is 7.50. The molecule has 5 heteroatoms. The average Bonchev–Trinajstić information content (AvgIpc) is 2.83. The predicted octanol–water partition coefficient (Wildman–Crippen LogP) is 0.583. The second-order valence-corrected chi connectivity index (χ2v) is 6.04. The molecule has 0 radical (unpaired) electrons. The first-order chi connectivity index (χ1) is 9.26. The Balaban J connectivity index is 1.47. The van der Waals surface area contributed by atoms with E-state index in [0.29, 0.717) is 18.5 Å². The summed E-state index contributed by atoms with van der Waals surface area (Å²) in [6.45, 7) is 3.38. The summed E-state index contributed by atoms with van der Waals surface area (Å²) >= 11 is 0. The summed E-state index contributed by atoms with van der Waals surface area (Å²) in [6.07, 6.45) is 5.84. The summed E-state index contributed by atoms with van der Waals surface area (Å²) < 4.78 is 11.5. The first-order valence-electron chi connectivity index (χ1n) is 7.50. The van der Waals surface area contributed by atoms with Gasteiger partial charge in [0.1, 0.15) is 0 Å². The molecule has 0 saturated carbocycles. The van der Waals surface area contributed by atoms with Gasteiger partial charge in [0, 0.05) is 44.9 Å². The predicted molar refractivity (Wildman–Crippen MR) is 70.9 cm³/mol. The van der Waals surface area contributed by atoms with Gasteiger partial charge in [-0.15, -0.1) is 0 Å². The molecule has 2 N–H and O–H groups in total. The molecule has 2 unspecified atom stereocenters. The van der Waals surface area contributed by atoms with E-state index in [9.17, 15) is 4.79 Å². The van der Waals surface area contributed by atoms with Gasteiger partial charge in [-0.1, -0.05) is 0 Å². The summed E-state index contributed by atoms with van der Waals surface area (Å²) in [6, 6.07) is 0.838. The molecule has 3 saturated heterocycles. The Morgan fingerprint density at radius 3 is 2.84 bits per heavy atom. The normalized spacial score (nSPS) is 34.4. The Bertz CT molecular complexity index is 323. The fraction of sp³-hybridized carbons (Fsp3) is 0.929. The molecule has 3 heterocycles. The number of carbonyl (C=O) groups is 1. The van der Waals surface area contributed by atoms with Crippen LogP contribution in [-0.2, 0) is 14.3 Å². The SMILES string of the molecule is O=C1CCC(CNC2CCOC3(CCOCC3)C2)N1. The lowest BCUT2D eigenvalue weighted by Gasteiger charge is -2.43. The highest BCUT2D eigenvalue weighted by Gasteiger charge is 2.39. The van der Waals surface area contributed by atoms with E-state index in [-0.39, 0.29) is 11.5 Å². The number of nitrogens with one attached hydrogen (secondary N) is 2. The monoisotopic (exact) mass is 268 g/mol. The molecule has 108 valence electrons. The number of rotatable bonds is 3. The van der Waals surface area contributed by atoms with Gasteiger partial charge in [0.25, 0.3) is 0 Å². The van der Waals surface area contributed by atoms with Gasteiger partial charge in [-0.05, 0) is 32.1 Å². The number of hydrogen-bond acceptors (Lipinski definition) is 4. The molecule has 3 aliphatic rings. The van der Waals surface area contributed by atoms with Gasteiger partial charge < -0.3 is 20.1 Å². The van der Waals surface area contributed by atoms with Crippen molar-refractivity contribution in [2.45, 2.75) is 56.2 Å². The molecule has 0 aromatic heterocycles. The molecular weight excluding hydrogens is 244 g/mol. The van der Waals surface area contributed by atoms with Crippen LogP contribution in [0.2, 0.25) is 0 Å². The van der Waals surface area contributed by atoms with E-state index in [1.165, 1.54) is 0 Å². The van der Waals surface area contributed by atoms with Gasteiger partial charge in [-0.3, -0.25) is 4.79 Å². The van der Waals surface area contributed by atoms with E-state index < -0.39 is 0 Å². The number of carbonyl (C=O) groups excluding carboxylic acids is 1. The maximum atomic E-state index is 11.2. The van der Waals surface area contributed by atoms with E-state index in [2.05, 4.69) is 10.6 Å².